The van der Waals surface area contributed by atoms with Crippen molar-refractivity contribution in [3.8, 4) is 0 Å². The maximum Gasteiger partial charge on any atom is 0.491 e. The van der Waals surface area contributed by atoms with Crippen LogP contribution in [0, 0.1) is 0 Å². The molecule has 72 heavy (non-hydrogen) atoms. The fourth-order valence-electron chi connectivity index (χ4n) is 4.31. The minimum Gasteiger partial charge on any atom is -0.395 e. The lowest BCUT2D eigenvalue weighted by Crippen LogP contribution is -2.76. The van der Waals surface area contributed by atoms with Gasteiger partial charge in [-0.25, -0.2) is 4.57 Å². The van der Waals surface area contributed by atoms with Crippen molar-refractivity contribution in [2.24, 2.45) is 0 Å². The van der Waals surface area contributed by atoms with Gasteiger partial charge < -0.3 is 10.2 Å². The molecule has 46 heteroatoms. The number of halogens is 38. The number of nitrogens with zero attached hydrogens (tertiary/aromatic N) is 1. The Balaban J connectivity index is 7.13. The molecule has 0 saturated heterocycles. The summed E-state index contributed by atoms with van der Waals surface area (Å²) in [5.74, 6) is -143. The summed E-state index contributed by atoms with van der Waals surface area (Å²) in [5.41, 5.74) is 0. The summed E-state index contributed by atoms with van der Waals surface area (Å²) < 4.78 is 540. The highest BCUT2D eigenvalue weighted by atomic mass is 31.2. The molecule has 434 valence electrons. The van der Waals surface area contributed by atoms with E-state index in [0.29, 0.717) is 0 Å². The Kier molecular flexibility index (Phi) is 19.0. The first-order valence-corrected chi connectivity index (χ1v) is 18.1. The molecule has 0 aromatic rings. The zero-order valence-corrected chi connectivity index (χ0v) is 33.3. The van der Waals surface area contributed by atoms with Crippen LogP contribution < -0.4 is 0 Å². The number of hydrogen-bond donors (Lipinski definition) is 2. The lowest BCUT2D eigenvalue weighted by atomic mass is 9.86. The predicted molar refractivity (Wildman–Crippen MR) is 147 cm³/mol. The minimum absolute atomic E-state index is 0.463. The number of rotatable bonds is 28. The third-order valence-corrected chi connectivity index (χ3v) is 10.0. The van der Waals surface area contributed by atoms with Gasteiger partial charge in [-0.3, -0.25) is 9.05 Å². The number of aliphatic hydroxyl groups is 2. The largest absolute Gasteiger partial charge is 0.491 e. The van der Waals surface area contributed by atoms with Crippen molar-refractivity contribution in [2.75, 3.05) is 39.5 Å². The lowest BCUT2D eigenvalue weighted by molar-refractivity contribution is -0.474. The molecule has 7 nitrogen and oxygen atoms in total. The van der Waals surface area contributed by atoms with Gasteiger partial charge in [0.15, 0.2) is 0 Å². The molecule has 0 fully saturated rings. The van der Waals surface area contributed by atoms with Gasteiger partial charge in [-0.05, 0) is 0 Å². The van der Waals surface area contributed by atoms with E-state index >= 15 is 0 Å². The van der Waals surface area contributed by atoms with Gasteiger partial charge >= 0.3 is 115 Å². The van der Waals surface area contributed by atoms with Crippen LogP contribution in [0.4, 0.5) is 167 Å². The summed E-state index contributed by atoms with van der Waals surface area (Å²) in [7, 11) is -7.00. The highest BCUT2D eigenvalue weighted by molar-refractivity contribution is 7.48. The zero-order valence-electron chi connectivity index (χ0n) is 32.4. The van der Waals surface area contributed by atoms with E-state index in [2.05, 4.69) is 13.7 Å². The molecule has 2 N–H and O–H groups in total. The molecule has 0 saturated carbocycles. The fourth-order valence-corrected chi connectivity index (χ4v) is 5.56. The van der Waals surface area contributed by atoms with Crippen molar-refractivity contribution < 1.29 is 195 Å². The number of hydrogen-bond acceptors (Lipinski definition) is 7. The Labute approximate surface area is 368 Å². The van der Waals surface area contributed by atoms with Crippen molar-refractivity contribution in [1.82, 2.24) is 5.06 Å². The third-order valence-electron chi connectivity index (χ3n) is 8.61. The number of aliphatic hydroxyl groups excluding tert-OH is 2. The molecule has 0 aromatic carbocycles. The second-order valence-corrected chi connectivity index (χ2v) is 15.1. The second kappa shape index (κ2) is 19.7. The van der Waals surface area contributed by atoms with Crippen LogP contribution in [0.1, 0.15) is 12.8 Å². The second-order valence-electron chi connectivity index (χ2n) is 13.5. The number of phosphoric acid groups is 1. The van der Waals surface area contributed by atoms with Crippen LogP contribution in [0.15, 0.2) is 0 Å². The van der Waals surface area contributed by atoms with Crippen molar-refractivity contribution >= 4 is 7.82 Å². The van der Waals surface area contributed by atoms with Crippen LogP contribution in [0.25, 0.3) is 0 Å². The van der Waals surface area contributed by atoms with Crippen LogP contribution in [-0.4, -0.2) is 162 Å². The van der Waals surface area contributed by atoms with Gasteiger partial charge in [0.25, 0.3) is 0 Å². The molecule has 0 heterocycles. The van der Waals surface area contributed by atoms with E-state index in [0.717, 1.165) is 0 Å². The Morgan fingerprint density at radius 2 is 0.486 bits per heavy atom. The van der Waals surface area contributed by atoms with E-state index in [1.165, 1.54) is 0 Å². The van der Waals surface area contributed by atoms with Crippen LogP contribution in [0.2, 0.25) is 0 Å². The first-order valence-electron chi connectivity index (χ1n) is 16.6. The smallest absolute Gasteiger partial charge is 0.395 e. The van der Waals surface area contributed by atoms with Crippen molar-refractivity contribution in [3.63, 3.8) is 0 Å². The van der Waals surface area contributed by atoms with Crippen LogP contribution >= 0.6 is 7.82 Å². The molecule has 0 aliphatic carbocycles. The fraction of sp³-hybridized carbons (Fsp3) is 1.00. The molecule has 0 bridgehead atoms. The summed E-state index contributed by atoms with van der Waals surface area (Å²) in [6.07, 6.45) is -24.2. The normalized spacial score (nSPS) is 17.2. The molecule has 0 rings (SSSR count). The highest BCUT2D eigenvalue weighted by Crippen LogP contribution is 2.68. The third kappa shape index (κ3) is 10.5. The molecule has 1 unspecified atom stereocenters. The Bertz CT molecular complexity index is 1870. The van der Waals surface area contributed by atoms with Crippen molar-refractivity contribution in [2.45, 2.75) is 120 Å². The number of alkyl halides is 38. The van der Waals surface area contributed by atoms with Crippen molar-refractivity contribution in [1.29, 1.82) is 0 Å². The quantitative estimate of drug-likeness (QED) is 0.0458. The van der Waals surface area contributed by atoms with E-state index in [4.69, 9.17) is 10.2 Å². The molecule has 0 amide bonds. The topological polar surface area (TPSA) is 88.5 Å². The molecule has 0 aliphatic heterocycles. The van der Waals surface area contributed by atoms with E-state index in [1.54, 1.807) is 0 Å². The van der Waals surface area contributed by atoms with E-state index in [9.17, 15) is 171 Å². The first-order chi connectivity index (χ1) is 30.9. The maximum atomic E-state index is 14.4. The SMILES string of the molecule is O=P(OCCC(F)(F)C(F)(F)C(F)(F)C(F)(F)C(F)(F)C(F)(F)C(F)(F)C(F)(F)F)(OCCC(F)(F)C(F)(F)C(F)(F)C(F)(F)C(F)(F)C(F)(F)C(F)(F)C(F)(F)C(F)(F)C(F)(F)F)ON(CCO)CCO. The van der Waals surface area contributed by atoms with E-state index in [1.807, 2.05) is 0 Å². The minimum atomic E-state index is -9.65. The van der Waals surface area contributed by atoms with Gasteiger partial charge in [-0.15, -0.1) is 0 Å². The van der Waals surface area contributed by atoms with E-state index in [-0.39, 0.29) is 0 Å². The molecular weight excluding hydrogens is 1180 g/mol. The summed E-state index contributed by atoms with van der Waals surface area (Å²) in [6, 6.07) is 0. The summed E-state index contributed by atoms with van der Waals surface area (Å²) >= 11 is 0. The molecule has 0 radical (unpaired) electrons. The highest BCUT2D eigenvalue weighted by Gasteiger charge is 2.98. The Hall–Kier alpha value is -2.67. The Morgan fingerprint density at radius 3 is 0.667 bits per heavy atom. The van der Waals surface area contributed by atoms with Crippen molar-refractivity contribution in [3.05, 3.63) is 0 Å². The van der Waals surface area contributed by atoms with Crippen LogP contribution in [0.3, 0.4) is 0 Å². The Morgan fingerprint density at radius 1 is 0.306 bits per heavy atom. The zero-order chi connectivity index (χ0) is 58.9. The average molecular weight is 1190 g/mol. The molecular formula is C26H18F38NO6P. The van der Waals surface area contributed by atoms with E-state index < -0.39 is 172 Å². The van der Waals surface area contributed by atoms with Gasteiger partial charge in [-0.1, -0.05) is 0 Å². The maximum absolute atomic E-state index is 14.4. The molecule has 0 aliphatic rings. The monoisotopic (exact) mass is 1190 g/mol. The van der Waals surface area contributed by atoms with Gasteiger partial charge in [0.05, 0.1) is 26.4 Å². The van der Waals surface area contributed by atoms with Gasteiger partial charge in [0, 0.05) is 25.9 Å². The molecule has 0 aromatic heterocycles. The molecule has 1 atom stereocenters. The number of phosphoric ester groups is 1. The van der Waals surface area contributed by atoms with Crippen LogP contribution in [-0.2, 0) is 18.2 Å². The standard InChI is InChI=1S/C26H18F38NO6P/c27-9(28,11(31,32)13(35,36)15(39,40)17(43,44)18(45,46)20(49,50)22(53,54)24(57,58)26(62,63)64)1-7-69-72(68,71-65(3-5-66)4-6-67)70-8-2-10(29,30)12(33,34)14(37,38)16(41,42)19(47,48)21(51,52)23(55,56)25(59,60)61/h66-67H,1-8H2. The first kappa shape index (κ1) is 69.3. The van der Waals surface area contributed by atoms with Crippen LogP contribution in [0.5, 0.6) is 0 Å². The average Bonchev–Trinajstić information content (AvgIpc) is 3.15. The van der Waals surface area contributed by atoms with Gasteiger partial charge in [-0.2, -0.15) is 177 Å². The van der Waals surface area contributed by atoms with Gasteiger partial charge in [0.2, 0.25) is 0 Å². The summed E-state index contributed by atoms with van der Waals surface area (Å²) in [5, 5.41) is 17.3. The molecule has 0 spiro atoms. The summed E-state index contributed by atoms with van der Waals surface area (Å²) in [6.45, 7) is -12.3. The predicted octanol–water partition coefficient (Wildman–Crippen LogP) is 12.4. The summed E-state index contributed by atoms with van der Waals surface area (Å²) in [4.78, 5) is 0. The number of hydroxylamine groups is 2. The lowest BCUT2D eigenvalue weighted by Gasteiger charge is -2.44. The van der Waals surface area contributed by atoms with Gasteiger partial charge in [0.1, 0.15) is 0 Å².